The standard InChI is InChI=1S/C9H17N3O3S/c1-4-9(10,5-2)8-11-7(15-12-8)6-16(3,13)14/h4-6,10H2,1-3H3. The minimum atomic E-state index is -3.16. The molecule has 1 rings (SSSR count). The average molecular weight is 247 g/mol. The molecule has 16 heavy (non-hydrogen) atoms. The van der Waals surface area contributed by atoms with Crippen molar-refractivity contribution in [2.24, 2.45) is 5.73 Å². The molecule has 0 spiro atoms. The first-order valence-electron chi connectivity index (χ1n) is 5.10. The number of rotatable bonds is 5. The molecule has 0 aliphatic carbocycles. The summed E-state index contributed by atoms with van der Waals surface area (Å²) < 4.78 is 26.9. The molecule has 0 aliphatic rings. The third-order valence-electron chi connectivity index (χ3n) is 2.56. The van der Waals surface area contributed by atoms with Crippen molar-refractivity contribution in [1.82, 2.24) is 10.1 Å². The molecule has 2 N–H and O–H groups in total. The van der Waals surface area contributed by atoms with E-state index in [1.807, 2.05) is 13.8 Å². The van der Waals surface area contributed by atoms with E-state index in [0.717, 1.165) is 6.26 Å². The van der Waals surface area contributed by atoms with Crippen LogP contribution in [0.15, 0.2) is 4.52 Å². The minimum absolute atomic E-state index is 0.0919. The maximum atomic E-state index is 11.0. The van der Waals surface area contributed by atoms with E-state index < -0.39 is 15.4 Å². The van der Waals surface area contributed by atoms with Gasteiger partial charge in [0.05, 0.1) is 5.54 Å². The highest BCUT2D eigenvalue weighted by Gasteiger charge is 2.29. The van der Waals surface area contributed by atoms with Crippen molar-refractivity contribution in [2.75, 3.05) is 6.26 Å². The maximum absolute atomic E-state index is 11.0. The Morgan fingerprint density at radius 1 is 1.38 bits per heavy atom. The molecule has 0 aliphatic heterocycles. The predicted molar refractivity (Wildman–Crippen MR) is 59.3 cm³/mol. The fourth-order valence-corrected chi connectivity index (χ4v) is 1.87. The van der Waals surface area contributed by atoms with Gasteiger partial charge in [-0.25, -0.2) is 8.42 Å². The second-order valence-electron chi connectivity index (χ2n) is 3.95. The lowest BCUT2D eigenvalue weighted by atomic mass is 9.94. The van der Waals surface area contributed by atoms with Crippen LogP contribution in [0.5, 0.6) is 0 Å². The van der Waals surface area contributed by atoms with Gasteiger partial charge < -0.3 is 10.3 Å². The molecule has 0 unspecified atom stereocenters. The van der Waals surface area contributed by atoms with Gasteiger partial charge in [-0.2, -0.15) is 4.98 Å². The Bertz CT molecular complexity index is 448. The molecule has 1 aromatic heterocycles. The van der Waals surface area contributed by atoms with Crippen molar-refractivity contribution in [1.29, 1.82) is 0 Å². The molecule has 6 nitrogen and oxygen atoms in total. The van der Waals surface area contributed by atoms with E-state index >= 15 is 0 Å². The summed E-state index contributed by atoms with van der Waals surface area (Å²) in [4.78, 5) is 4.03. The van der Waals surface area contributed by atoms with Crippen LogP contribution in [0, 0.1) is 0 Å². The maximum Gasteiger partial charge on any atom is 0.241 e. The fourth-order valence-electron chi connectivity index (χ4n) is 1.31. The van der Waals surface area contributed by atoms with Gasteiger partial charge in [0.1, 0.15) is 5.75 Å². The van der Waals surface area contributed by atoms with Crippen molar-refractivity contribution in [3.05, 3.63) is 11.7 Å². The first kappa shape index (κ1) is 13.1. The van der Waals surface area contributed by atoms with Crippen molar-refractivity contribution in [3.63, 3.8) is 0 Å². The van der Waals surface area contributed by atoms with Gasteiger partial charge in [-0.05, 0) is 12.8 Å². The van der Waals surface area contributed by atoms with Crippen LogP contribution in [0.2, 0.25) is 0 Å². The van der Waals surface area contributed by atoms with Crippen LogP contribution in [-0.2, 0) is 21.1 Å². The molecule has 0 bridgehead atoms. The van der Waals surface area contributed by atoms with E-state index in [-0.39, 0.29) is 11.6 Å². The molecule has 7 heteroatoms. The quantitative estimate of drug-likeness (QED) is 0.817. The van der Waals surface area contributed by atoms with Gasteiger partial charge in [0.15, 0.2) is 15.7 Å². The van der Waals surface area contributed by atoms with Crippen LogP contribution >= 0.6 is 0 Å². The molecule has 0 amide bonds. The van der Waals surface area contributed by atoms with Crippen LogP contribution in [0.4, 0.5) is 0 Å². The van der Waals surface area contributed by atoms with E-state index in [1.54, 1.807) is 0 Å². The molecule has 0 atom stereocenters. The Balaban J connectivity index is 2.95. The van der Waals surface area contributed by atoms with Crippen LogP contribution in [-0.4, -0.2) is 24.8 Å². The molecular weight excluding hydrogens is 230 g/mol. The lowest BCUT2D eigenvalue weighted by Crippen LogP contribution is -2.36. The van der Waals surface area contributed by atoms with Gasteiger partial charge in [-0.15, -0.1) is 0 Å². The number of aromatic nitrogens is 2. The Hall–Kier alpha value is -0.950. The first-order chi connectivity index (χ1) is 7.30. The van der Waals surface area contributed by atoms with E-state index in [1.165, 1.54) is 0 Å². The largest absolute Gasteiger partial charge is 0.338 e. The fraction of sp³-hybridized carbons (Fsp3) is 0.778. The molecule has 0 saturated carbocycles. The average Bonchev–Trinajstić information content (AvgIpc) is 2.63. The van der Waals surface area contributed by atoms with Gasteiger partial charge in [0, 0.05) is 6.26 Å². The number of sulfone groups is 1. The van der Waals surface area contributed by atoms with Crippen LogP contribution < -0.4 is 5.73 Å². The Morgan fingerprint density at radius 2 is 1.94 bits per heavy atom. The second-order valence-corrected chi connectivity index (χ2v) is 6.09. The van der Waals surface area contributed by atoms with E-state index in [4.69, 9.17) is 10.3 Å². The van der Waals surface area contributed by atoms with Gasteiger partial charge in [0.25, 0.3) is 0 Å². The minimum Gasteiger partial charge on any atom is -0.338 e. The summed E-state index contributed by atoms with van der Waals surface area (Å²) in [5.74, 6) is 0.217. The lowest BCUT2D eigenvalue weighted by molar-refractivity contribution is 0.339. The number of nitrogens with two attached hydrogens (primary N) is 1. The molecule has 0 aromatic carbocycles. The van der Waals surface area contributed by atoms with Crippen molar-refractivity contribution < 1.29 is 12.9 Å². The normalized spacial score (nSPS) is 13.0. The van der Waals surface area contributed by atoms with Crippen molar-refractivity contribution in [2.45, 2.75) is 38.0 Å². The monoisotopic (exact) mass is 247 g/mol. The zero-order valence-corrected chi connectivity index (χ0v) is 10.5. The lowest BCUT2D eigenvalue weighted by Gasteiger charge is -2.21. The smallest absolute Gasteiger partial charge is 0.241 e. The van der Waals surface area contributed by atoms with E-state index in [2.05, 4.69) is 10.1 Å². The summed E-state index contributed by atoms with van der Waals surface area (Å²) in [6.07, 6.45) is 2.45. The van der Waals surface area contributed by atoms with Crippen molar-refractivity contribution in [3.8, 4) is 0 Å². The number of nitrogens with zero attached hydrogens (tertiary/aromatic N) is 2. The zero-order chi connectivity index (χ0) is 12.4. The molecule has 1 heterocycles. The van der Waals surface area contributed by atoms with Crippen LogP contribution in [0.3, 0.4) is 0 Å². The molecule has 0 fully saturated rings. The summed E-state index contributed by atoms with van der Waals surface area (Å²) in [7, 11) is -3.16. The zero-order valence-electron chi connectivity index (χ0n) is 9.73. The molecule has 0 radical (unpaired) electrons. The van der Waals surface area contributed by atoms with Gasteiger partial charge in [0.2, 0.25) is 5.89 Å². The van der Waals surface area contributed by atoms with Gasteiger partial charge in [-0.1, -0.05) is 19.0 Å². The summed E-state index contributed by atoms with van der Waals surface area (Å²) in [6, 6.07) is 0. The van der Waals surface area contributed by atoms with Gasteiger partial charge in [-0.3, -0.25) is 0 Å². The summed E-state index contributed by atoms with van der Waals surface area (Å²) >= 11 is 0. The highest BCUT2D eigenvalue weighted by molar-refractivity contribution is 7.89. The topological polar surface area (TPSA) is 99.1 Å². The molecule has 92 valence electrons. The highest BCUT2D eigenvalue weighted by atomic mass is 32.2. The van der Waals surface area contributed by atoms with Crippen molar-refractivity contribution >= 4 is 9.84 Å². The second kappa shape index (κ2) is 4.50. The highest BCUT2D eigenvalue weighted by Crippen LogP contribution is 2.22. The van der Waals surface area contributed by atoms with Crippen LogP contribution in [0.25, 0.3) is 0 Å². The Morgan fingerprint density at radius 3 is 2.38 bits per heavy atom. The Kier molecular flexibility index (Phi) is 3.69. The number of hydrogen-bond acceptors (Lipinski definition) is 6. The molecular formula is C9H17N3O3S. The first-order valence-corrected chi connectivity index (χ1v) is 7.16. The SMILES string of the molecule is CCC(N)(CC)c1noc(CS(C)(=O)=O)n1. The third kappa shape index (κ3) is 3.02. The summed E-state index contributed by atoms with van der Waals surface area (Å²) in [5.41, 5.74) is 5.42. The molecule has 1 aromatic rings. The van der Waals surface area contributed by atoms with Crippen LogP contribution in [0.1, 0.15) is 38.4 Å². The predicted octanol–water partition coefficient (Wildman–Crippen LogP) is 0.588. The summed E-state index contributed by atoms with van der Waals surface area (Å²) in [5, 5.41) is 3.74. The Labute approximate surface area is 95.1 Å². The molecule has 0 saturated heterocycles. The third-order valence-corrected chi connectivity index (χ3v) is 3.33. The summed E-state index contributed by atoms with van der Waals surface area (Å²) in [6.45, 7) is 3.85. The van der Waals surface area contributed by atoms with E-state index in [0.29, 0.717) is 18.7 Å². The van der Waals surface area contributed by atoms with Gasteiger partial charge >= 0.3 is 0 Å². The number of hydrogen-bond donors (Lipinski definition) is 1. The van der Waals surface area contributed by atoms with E-state index in [9.17, 15) is 8.42 Å².